The number of hydrogen-bond acceptors (Lipinski definition) is 5. The molecule has 6 rings (SSSR count). The lowest BCUT2D eigenvalue weighted by Crippen LogP contribution is -2.16. The molecule has 0 N–H and O–H groups in total. The third kappa shape index (κ3) is 4.79. The third-order valence-corrected chi connectivity index (χ3v) is 6.08. The van der Waals surface area contributed by atoms with Crippen molar-refractivity contribution in [2.24, 2.45) is 0 Å². The lowest BCUT2D eigenvalue weighted by Gasteiger charge is -2.12. The second kappa shape index (κ2) is 9.64. The SMILES string of the molecule is O=c1c(-c2cnn(-c3ccccc3)c2)c(C(F)(F)F)oc2cc(OCc3cnn(-c4ccccc4)c3)ccc12. The molecule has 6 aromatic rings. The zero-order valence-electron chi connectivity index (χ0n) is 20.2. The van der Waals surface area contributed by atoms with E-state index in [2.05, 4.69) is 10.2 Å². The molecular weight excluding hydrogens is 509 g/mol. The molecule has 3 aromatic carbocycles. The molecule has 39 heavy (non-hydrogen) atoms. The summed E-state index contributed by atoms with van der Waals surface area (Å²) in [7, 11) is 0. The third-order valence-electron chi connectivity index (χ3n) is 6.08. The molecule has 0 aliphatic heterocycles. The van der Waals surface area contributed by atoms with Gasteiger partial charge in [-0.25, -0.2) is 9.36 Å². The number of fused-ring (bicyclic) bond motifs is 1. The molecule has 0 unspecified atom stereocenters. The van der Waals surface area contributed by atoms with Crippen molar-refractivity contribution >= 4 is 11.0 Å². The van der Waals surface area contributed by atoms with Gasteiger partial charge in [0, 0.05) is 29.6 Å². The van der Waals surface area contributed by atoms with E-state index in [9.17, 15) is 18.0 Å². The van der Waals surface area contributed by atoms with Crippen molar-refractivity contribution in [1.82, 2.24) is 19.6 Å². The van der Waals surface area contributed by atoms with Crippen LogP contribution in [-0.4, -0.2) is 19.6 Å². The first kappa shape index (κ1) is 24.2. The fourth-order valence-corrected chi connectivity index (χ4v) is 4.22. The summed E-state index contributed by atoms with van der Waals surface area (Å²) in [6.07, 6.45) is 1.10. The van der Waals surface area contributed by atoms with Crippen molar-refractivity contribution in [2.45, 2.75) is 12.8 Å². The van der Waals surface area contributed by atoms with E-state index in [4.69, 9.17) is 9.15 Å². The van der Waals surface area contributed by atoms with Gasteiger partial charge >= 0.3 is 6.18 Å². The van der Waals surface area contributed by atoms with E-state index in [1.54, 1.807) is 41.3 Å². The van der Waals surface area contributed by atoms with Crippen LogP contribution < -0.4 is 10.2 Å². The lowest BCUT2D eigenvalue weighted by atomic mass is 10.0. The topological polar surface area (TPSA) is 75.1 Å². The first-order chi connectivity index (χ1) is 18.9. The molecule has 10 heteroatoms. The fourth-order valence-electron chi connectivity index (χ4n) is 4.22. The van der Waals surface area contributed by atoms with Crippen molar-refractivity contribution in [3.8, 4) is 28.3 Å². The first-order valence-electron chi connectivity index (χ1n) is 11.9. The Morgan fingerprint density at radius 3 is 2.13 bits per heavy atom. The van der Waals surface area contributed by atoms with E-state index < -0.39 is 22.9 Å². The summed E-state index contributed by atoms with van der Waals surface area (Å²) in [5.74, 6) is -1.15. The molecule has 194 valence electrons. The number of halogens is 3. The summed E-state index contributed by atoms with van der Waals surface area (Å²) in [6.45, 7) is 0.117. The monoisotopic (exact) mass is 528 g/mol. The van der Waals surface area contributed by atoms with Crippen LogP contribution in [0.2, 0.25) is 0 Å². The van der Waals surface area contributed by atoms with Gasteiger partial charge in [-0.3, -0.25) is 4.79 Å². The van der Waals surface area contributed by atoms with Crippen molar-refractivity contribution in [1.29, 1.82) is 0 Å². The molecule has 0 bridgehead atoms. The maximum absolute atomic E-state index is 14.1. The molecule has 0 aliphatic carbocycles. The summed E-state index contributed by atoms with van der Waals surface area (Å²) < 4.78 is 56.4. The molecule has 3 heterocycles. The van der Waals surface area contributed by atoms with Crippen molar-refractivity contribution in [2.75, 3.05) is 0 Å². The standard InChI is InChI=1S/C29H19F3N4O3/c30-29(31,32)28-26(20-15-34-36(17-20)22-9-5-2-6-10-22)27(37)24-12-11-23(13-25(24)39-28)38-18-19-14-33-35(16-19)21-7-3-1-4-8-21/h1-17H,18H2. The molecule has 0 aliphatic rings. The molecule has 0 fully saturated rings. The number of ether oxygens (including phenoxy) is 1. The van der Waals surface area contributed by atoms with E-state index in [1.807, 2.05) is 36.4 Å². The Bertz CT molecular complexity index is 1820. The van der Waals surface area contributed by atoms with Crippen LogP contribution in [0.5, 0.6) is 5.75 Å². The Balaban J connectivity index is 1.32. The largest absolute Gasteiger partial charge is 0.489 e. The Morgan fingerprint density at radius 1 is 0.821 bits per heavy atom. The number of aromatic nitrogens is 4. The molecule has 7 nitrogen and oxygen atoms in total. The van der Waals surface area contributed by atoms with Crippen molar-refractivity contribution in [3.05, 3.63) is 125 Å². The zero-order chi connectivity index (χ0) is 27.0. The molecule has 0 amide bonds. The number of hydrogen-bond donors (Lipinski definition) is 0. The van der Waals surface area contributed by atoms with Crippen LogP contribution >= 0.6 is 0 Å². The average molecular weight is 528 g/mol. The quantitative estimate of drug-likeness (QED) is 0.249. The van der Waals surface area contributed by atoms with E-state index in [0.717, 1.165) is 11.3 Å². The summed E-state index contributed by atoms with van der Waals surface area (Å²) in [5.41, 5.74) is 0.620. The van der Waals surface area contributed by atoms with Crippen LogP contribution in [0.4, 0.5) is 13.2 Å². The van der Waals surface area contributed by atoms with Crippen LogP contribution in [0.25, 0.3) is 33.5 Å². The van der Waals surface area contributed by atoms with Crippen LogP contribution in [-0.2, 0) is 12.8 Å². The highest BCUT2D eigenvalue weighted by Gasteiger charge is 2.39. The molecule has 0 saturated heterocycles. The maximum Gasteiger partial charge on any atom is 0.450 e. The van der Waals surface area contributed by atoms with Gasteiger partial charge in [-0.1, -0.05) is 36.4 Å². The van der Waals surface area contributed by atoms with Gasteiger partial charge in [0.1, 0.15) is 17.9 Å². The normalized spacial score (nSPS) is 11.7. The molecule has 3 aromatic heterocycles. The summed E-state index contributed by atoms with van der Waals surface area (Å²) >= 11 is 0. The van der Waals surface area contributed by atoms with Crippen LogP contribution in [0.15, 0.2) is 113 Å². The first-order valence-corrected chi connectivity index (χ1v) is 11.9. The minimum atomic E-state index is -4.92. The van der Waals surface area contributed by atoms with Gasteiger partial charge in [-0.15, -0.1) is 0 Å². The van der Waals surface area contributed by atoms with Gasteiger partial charge in [-0.2, -0.15) is 23.4 Å². The zero-order valence-corrected chi connectivity index (χ0v) is 20.2. The fraction of sp³-hybridized carbons (Fsp3) is 0.0690. The minimum Gasteiger partial charge on any atom is -0.489 e. The van der Waals surface area contributed by atoms with Gasteiger partial charge in [-0.05, 0) is 36.4 Å². The van der Waals surface area contributed by atoms with E-state index >= 15 is 0 Å². The van der Waals surface area contributed by atoms with Crippen LogP contribution in [0.3, 0.4) is 0 Å². The Kier molecular flexibility index (Phi) is 5.99. The van der Waals surface area contributed by atoms with E-state index in [1.165, 1.54) is 35.3 Å². The number of para-hydroxylation sites is 2. The van der Waals surface area contributed by atoms with E-state index in [0.29, 0.717) is 5.69 Å². The molecule has 0 saturated carbocycles. The second-order valence-corrected chi connectivity index (χ2v) is 8.72. The second-order valence-electron chi connectivity index (χ2n) is 8.72. The molecule has 0 atom stereocenters. The van der Waals surface area contributed by atoms with Gasteiger partial charge in [0.15, 0.2) is 0 Å². The summed E-state index contributed by atoms with van der Waals surface area (Å²) in [6, 6.07) is 22.6. The Morgan fingerprint density at radius 2 is 1.46 bits per heavy atom. The number of rotatable bonds is 6. The van der Waals surface area contributed by atoms with Gasteiger partial charge in [0.2, 0.25) is 11.2 Å². The minimum absolute atomic E-state index is 0.00224. The van der Waals surface area contributed by atoms with E-state index in [-0.39, 0.29) is 28.9 Å². The predicted octanol–water partition coefficient (Wildman–Crippen LogP) is 6.43. The van der Waals surface area contributed by atoms with Crippen molar-refractivity contribution in [3.63, 3.8) is 0 Å². The number of benzene rings is 3. The molecular formula is C29H19F3N4O3. The van der Waals surface area contributed by atoms with Gasteiger partial charge < -0.3 is 9.15 Å². The highest BCUT2D eigenvalue weighted by molar-refractivity contribution is 5.84. The van der Waals surface area contributed by atoms with Crippen molar-refractivity contribution < 1.29 is 22.3 Å². The lowest BCUT2D eigenvalue weighted by molar-refractivity contribution is -0.152. The Labute approximate surface area is 219 Å². The highest BCUT2D eigenvalue weighted by Crippen LogP contribution is 2.38. The van der Waals surface area contributed by atoms with Crippen LogP contribution in [0, 0.1) is 0 Å². The number of alkyl halides is 3. The molecule has 0 radical (unpaired) electrons. The summed E-state index contributed by atoms with van der Waals surface area (Å²) in [4.78, 5) is 13.3. The maximum atomic E-state index is 14.1. The number of nitrogens with zero attached hydrogens (tertiary/aromatic N) is 4. The summed E-state index contributed by atoms with van der Waals surface area (Å²) in [5, 5.41) is 8.44. The Hall–Kier alpha value is -5.12. The predicted molar refractivity (Wildman–Crippen MR) is 138 cm³/mol. The average Bonchev–Trinajstić information content (AvgIpc) is 3.63. The van der Waals surface area contributed by atoms with Crippen LogP contribution in [0.1, 0.15) is 11.3 Å². The highest BCUT2D eigenvalue weighted by atomic mass is 19.4. The van der Waals surface area contributed by atoms with Gasteiger partial charge in [0.25, 0.3) is 0 Å². The smallest absolute Gasteiger partial charge is 0.450 e. The molecule has 0 spiro atoms. The van der Waals surface area contributed by atoms with Gasteiger partial charge in [0.05, 0.1) is 34.7 Å².